The van der Waals surface area contributed by atoms with Crippen molar-refractivity contribution in [2.75, 3.05) is 0 Å². The van der Waals surface area contributed by atoms with Gasteiger partial charge in [-0.15, -0.1) is 11.3 Å². The van der Waals surface area contributed by atoms with Gasteiger partial charge in [-0.3, -0.25) is 4.79 Å². The van der Waals surface area contributed by atoms with E-state index in [4.69, 9.17) is 0 Å². The Hall–Kier alpha value is -1.39. The molecule has 3 aromatic heterocycles. The van der Waals surface area contributed by atoms with Gasteiger partial charge in [0.1, 0.15) is 0 Å². The maximum absolute atomic E-state index is 11.5. The normalized spacial score (nSPS) is 11.1. The Kier molecular flexibility index (Phi) is 3.29. The second-order valence-electron chi connectivity index (χ2n) is 4.35. The summed E-state index contributed by atoms with van der Waals surface area (Å²) in [6.07, 6.45) is 3.95. The zero-order valence-corrected chi connectivity index (χ0v) is 12.8. The summed E-state index contributed by atoms with van der Waals surface area (Å²) in [5, 5.41) is 0. The molecule has 19 heavy (non-hydrogen) atoms. The van der Waals surface area contributed by atoms with Crippen molar-refractivity contribution in [3.63, 3.8) is 0 Å². The summed E-state index contributed by atoms with van der Waals surface area (Å²) in [6, 6.07) is 10.3. The van der Waals surface area contributed by atoms with Crippen molar-refractivity contribution < 1.29 is 4.79 Å². The molecular formula is C15H12BrNOS. The molecule has 0 spiro atoms. The van der Waals surface area contributed by atoms with Gasteiger partial charge < -0.3 is 4.40 Å². The van der Waals surface area contributed by atoms with E-state index >= 15 is 0 Å². The number of carbonyl (C=O) groups is 1. The number of aryl methyl sites for hydroxylation is 1. The lowest BCUT2D eigenvalue weighted by molar-refractivity contribution is 0.111. The number of fused-ring (bicyclic) bond motifs is 1. The number of pyridine rings is 1. The summed E-state index contributed by atoms with van der Waals surface area (Å²) in [7, 11) is 0. The van der Waals surface area contributed by atoms with Crippen molar-refractivity contribution >= 4 is 39.1 Å². The number of aldehydes is 1. The minimum absolute atomic E-state index is 0.722. The number of aromatic nitrogens is 1. The Balaban J connectivity index is 2.28. The minimum Gasteiger partial charge on any atom is -0.313 e. The van der Waals surface area contributed by atoms with Crippen molar-refractivity contribution in [2.45, 2.75) is 13.3 Å². The number of rotatable bonds is 3. The first-order valence-electron chi connectivity index (χ1n) is 6.08. The van der Waals surface area contributed by atoms with Gasteiger partial charge in [-0.2, -0.15) is 0 Å². The van der Waals surface area contributed by atoms with E-state index in [1.807, 2.05) is 22.7 Å². The van der Waals surface area contributed by atoms with Crippen LogP contribution in [0.4, 0.5) is 0 Å². The van der Waals surface area contributed by atoms with E-state index in [0.717, 1.165) is 38.1 Å². The molecule has 2 nitrogen and oxygen atoms in total. The molecule has 3 rings (SSSR count). The van der Waals surface area contributed by atoms with Crippen LogP contribution in [0, 0.1) is 0 Å². The fraction of sp³-hybridized carbons (Fsp3) is 0.133. The van der Waals surface area contributed by atoms with Gasteiger partial charge in [0.05, 0.1) is 9.48 Å². The van der Waals surface area contributed by atoms with Crippen molar-refractivity contribution in [1.29, 1.82) is 0 Å². The Bertz CT molecular complexity index is 757. The lowest BCUT2D eigenvalue weighted by Crippen LogP contribution is -1.93. The lowest BCUT2D eigenvalue weighted by Gasteiger charge is -2.01. The van der Waals surface area contributed by atoms with Crippen LogP contribution in [0.25, 0.3) is 16.0 Å². The fourth-order valence-electron chi connectivity index (χ4n) is 2.22. The van der Waals surface area contributed by atoms with Gasteiger partial charge in [-0.05, 0) is 52.2 Å². The largest absolute Gasteiger partial charge is 0.313 e. The van der Waals surface area contributed by atoms with Crippen molar-refractivity contribution in [3.8, 4) is 10.4 Å². The summed E-state index contributed by atoms with van der Waals surface area (Å²) < 4.78 is 3.05. The highest BCUT2D eigenvalue weighted by molar-refractivity contribution is 9.11. The standard InChI is InChI=1S/C15H12BrNOS/c1-2-10-3-4-11-7-12(13(9-18)17(11)8-10)14-5-6-15(16)19-14/h3-9H,2H2,1H3. The molecule has 0 aliphatic rings. The van der Waals surface area contributed by atoms with Crippen LogP contribution >= 0.6 is 27.3 Å². The van der Waals surface area contributed by atoms with E-state index in [0.29, 0.717) is 0 Å². The Morgan fingerprint density at radius 1 is 1.32 bits per heavy atom. The van der Waals surface area contributed by atoms with Crippen LogP contribution in [0.3, 0.4) is 0 Å². The molecule has 0 N–H and O–H groups in total. The minimum atomic E-state index is 0.722. The second-order valence-corrected chi connectivity index (χ2v) is 6.81. The molecule has 0 aliphatic carbocycles. The summed E-state index contributed by atoms with van der Waals surface area (Å²) in [4.78, 5) is 12.6. The first-order chi connectivity index (χ1) is 9.22. The first kappa shape index (κ1) is 12.6. The zero-order valence-electron chi connectivity index (χ0n) is 10.4. The molecule has 0 aromatic carbocycles. The van der Waals surface area contributed by atoms with E-state index in [9.17, 15) is 4.79 Å². The molecule has 3 aromatic rings. The molecule has 4 heteroatoms. The van der Waals surface area contributed by atoms with Crippen molar-refractivity contribution in [1.82, 2.24) is 4.40 Å². The van der Waals surface area contributed by atoms with Crippen LogP contribution in [-0.4, -0.2) is 10.7 Å². The summed E-state index contributed by atoms with van der Waals surface area (Å²) >= 11 is 5.11. The highest BCUT2D eigenvalue weighted by Crippen LogP contribution is 2.34. The molecule has 3 heterocycles. The third-order valence-electron chi connectivity index (χ3n) is 3.23. The average Bonchev–Trinajstić information content (AvgIpc) is 3.00. The summed E-state index contributed by atoms with van der Waals surface area (Å²) in [6.45, 7) is 2.11. The topological polar surface area (TPSA) is 21.5 Å². The summed E-state index contributed by atoms with van der Waals surface area (Å²) in [5.41, 5.74) is 4.00. The van der Waals surface area contributed by atoms with E-state index in [-0.39, 0.29) is 0 Å². The van der Waals surface area contributed by atoms with E-state index in [1.54, 1.807) is 11.3 Å². The number of thiophene rings is 1. The zero-order chi connectivity index (χ0) is 13.4. The monoisotopic (exact) mass is 333 g/mol. The molecule has 0 unspecified atom stereocenters. The van der Waals surface area contributed by atoms with Gasteiger partial charge in [0.2, 0.25) is 0 Å². The van der Waals surface area contributed by atoms with Crippen LogP contribution in [-0.2, 0) is 6.42 Å². The third kappa shape index (κ3) is 2.15. The molecule has 0 fully saturated rings. The van der Waals surface area contributed by atoms with Crippen LogP contribution in [0.5, 0.6) is 0 Å². The molecule has 0 aliphatic heterocycles. The van der Waals surface area contributed by atoms with E-state index in [2.05, 4.69) is 41.1 Å². The molecule has 0 bridgehead atoms. The van der Waals surface area contributed by atoms with E-state index < -0.39 is 0 Å². The molecule has 96 valence electrons. The highest BCUT2D eigenvalue weighted by Gasteiger charge is 2.13. The Labute approximate surface area is 123 Å². The molecule has 0 amide bonds. The van der Waals surface area contributed by atoms with E-state index in [1.165, 1.54) is 5.56 Å². The number of nitrogens with zero attached hydrogens (tertiary/aromatic N) is 1. The van der Waals surface area contributed by atoms with Gasteiger partial charge in [-0.1, -0.05) is 13.0 Å². The van der Waals surface area contributed by atoms with Crippen LogP contribution < -0.4 is 0 Å². The lowest BCUT2D eigenvalue weighted by atomic mass is 10.2. The number of carbonyl (C=O) groups excluding carboxylic acids is 1. The van der Waals surface area contributed by atoms with Crippen LogP contribution in [0.2, 0.25) is 0 Å². The number of halogens is 1. The number of hydrogen-bond acceptors (Lipinski definition) is 2. The third-order valence-corrected chi connectivity index (χ3v) is 4.88. The molecule has 0 atom stereocenters. The SMILES string of the molecule is CCc1ccc2cc(-c3ccc(Br)s3)c(C=O)n2c1. The smallest absolute Gasteiger partial charge is 0.167 e. The predicted molar refractivity (Wildman–Crippen MR) is 83.2 cm³/mol. The predicted octanol–water partition coefficient (Wildman–Crippen LogP) is 4.81. The van der Waals surface area contributed by atoms with Crippen LogP contribution in [0.15, 0.2) is 40.3 Å². The van der Waals surface area contributed by atoms with Gasteiger partial charge in [0, 0.05) is 22.2 Å². The van der Waals surface area contributed by atoms with Crippen molar-refractivity contribution in [2.24, 2.45) is 0 Å². The molecule has 0 radical (unpaired) electrons. The Morgan fingerprint density at radius 2 is 2.16 bits per heavy atom. The number of hydrogen-bond donors (Lipinski definition) is 0. The average molecular weight is 334 g/mol. The highest BCUT2D eigenvalue weighted by atomic mass is 79.9. The second kappa shape index (κ2) is 4.94. The molecule has 0 saturated heterocycles. The summed E-state index contributed by atoms with van der Waals surface area (Å²) in [5.74, 6) is 0. The van der Waals surface area contributed by atoms with Gasteiger partial charge in [0.15, 0.2) is 6.29 Å². The fourth-order valence-corrected chi connectivity index (χ4v) is 3.63. The van der Waals surface area contributed by atoms with Gasteiger partial charge in [-0.25, -0.2) is 0 Å². The van der Waals surface area contributed by atoms with Gasteiger partial charge >= 0.3 is 0 Å². The Morgan fingerprint density at radius 3 is 2.79 bits per heavy atom. The van der Waals surface area contributed by atoms with Gasteiger partial charge in [0.25, 0.3) is 0 Å². The maximum Gasteiger partial charge on any atom is 0.167 e. The molecular weight excluding hydrogens is 322 g/mol. The van der Waals surface area contributed by atoms with Crippen LogP contribution in [0.1, 0.15) is 23.0 Å². The maximum atomic E-state index is 11.5. The first-order valence-corrected chi connectivity index (χ1v) is 7.68. The molecule has 0 saturated carbocycles. The van der Waals surface area contributed by atoms with Crippen molar-refractivity contribution in [3.05, 3.63) is 51.6 Å². The quantitative estimate of drug-likeness (QED) is 0.630.